The molecule has 2 heterocycles. The van der Waals surface area contributed by atoms with E-state index >= 15 is 0 Å². The number of nitrogens with zero attached hydrogens (tertiary/aromatic N) is 3. The van der Waals surface area contributed by atoms with Crippen molar-refractivity contribution in [2.24, 2.45) is 0 Å². The molecule has 26 heavy (non-hydrogen) atoms. The minimum atomic E-state index is -2.92. The summed E-state index contributed by atoms with van der Waals surface area (Å²) in [4.78, 5) is 14.4. The average Bonchev–Trinajstić information content (AvgIpc) is 3.16. The van der Waals surface area contributed by atoms with Gasteiger partial charge in [0.2, 0.25) is 0 Å². The van der Waals surface area contributed by atoms with E-state index in [1.807, 2.05) is 6.92 Å². The summed E-state index contributed by atoms with van der Waals surface area (Å²) < 4.78 is 29.5. The summed E-state index contributed by atoms with van der Waals surface area (Å²) in [6.45, 7) is 0.857. The molecule has 1 aliphatic heterocycles. The summed E-state index contributed by atoms with van der Waals surface area (Å²) in [5.41, 5.74) is 1.53. The van der Waals surface area contributed by atoms with Crippen molar-refractivity contribution in [2.45, 2.75) is 32.9 Å². The van der Waals surface area contributed by atoms with Crippen molar-refractivity contribution in [1.29, 1.82) is 0 Å². The molecule has 0 saturated carbocycles. The Morgan fingerprint density at radius 3 is 2.65 bits per heavy atom. The highest BCUT2D eigenvalue weighted by molar-refractivity contribution is 5.92. The van der Waals surface area contributed by atoms with Gasteiger partial charge in [-0.15, -0.1) is 10.2 Å². The summed E-state index contributed by atoms with van der Waals surface area (Å²) in [6.07, 6.45) is 2.26. The zero-order valence-corrected chi connectivity index (χ0v) is 14.4. The fourth-order valence-electron chi connectivity index (χ4n) is 2.88. The van der Waals surface area contributed by atoms with Crippen molar-refractivity contribution in [3.63, 3.8) is 0 Å². The second-order valence-corrected chi connectivity index (χ2v) is 6.14. The van der Waals surface area contributed by atoms with Crippen LogP contribution in [0.3, 0.4) is 0 Å². The van der Waals surface area contributed by atoms with Gasteiger partial charge in [-0.2, -0.15) is 8.78 Å². The first-order valence-corrected chi connectivity index (χ1v) is 8.44. The van der Waals surface area contributed by atoms with E-state index in [-0.39, 0.29) is 18.0 Å². The quantitative estimate of drug-likeness (QED) is 0.856. The Morgan fingerprint density at radius 1 is 1.23 bits per heavy atom. The first kappa shape index (κ1) is 18.0. The number of halogens is 2. The number of aromatic nitrogens is 2. The van der Waals surface area contributed by atoms with Crippen molar-refractivity contribution >= 4 is 11.7 Å². The van der Waals surface area contributed by atoms with E-state index in [0.29, 0.717) is 5.56 Å². The Bertz CT molecular complexity index is 762. The maximum atomic E-state index is 12.5. The lowest BCUT2D eigenvalue weighted by atomic mass is 10.1. The molecule has 8 heteroatoms. The third-order valence-electron chi connectivity index (χ3n) is 4.18. The normalized spacial score (nSPS) is 13.9. The van der Waals surface area contributed by atoms with E-state index in [9.17, 15) is 13.6 Å². The number of anilines is 1. The zero-order valence-electron chi connectivity index (χ0n) is 14.4. The fraction of sp³-hybridized carbons (Fsp3) is 0.389. The third kappa shape index (κ3) is 4.44. The number of alkyl halides is 2. The van der Waals surface area contributed by atoms with E-state index < -0.39 is 12.5 Å². The number of hydrogen-bond donors (Lipinski definition) is 1. The van der Waals surface area contributed by atoms with Crippen LogP contribution in [0.1, 0.15) is 34.5 Å². The SMILES string of the molecule is Cc1ccc(OC(F)F)c(CNC(=O)c2ccc(N3CCCC3)nn2)c1. The number of benzene rings is 1. The monoisotopic (exact) mass is 362 g/mol. The number of hydrogen-bond acceptors (Lipinski definition) is 5. The van der Waals surface area contributed by atoms with Crippen molar-refractivity contribution in [2.75, 3.05) is 18.0 Å². The first-order valence-electron chi connectivity index (χ1n) is 8.44. The largest absolute Gasteiger partial charge is 0.434 e. The van der Waals surface area contributed by atoms with Gasteiger partial charge in [0.1, 0.15) is 5.75 Å². The molecule has 6 nitrogen and oxygen atoms in total. The number of rotatable bonds is 6. The smallest absolute Gasteiger partial charge is 0.387 e. The fourth-order valence-corrected chi connectivity index (χ4v) is 2.88. The van der Waals surface area contributed by atoms with E-state index in [4.69, 9.17) is 0 Å². The molecule has 0 radical (unpaired) electrons. The van der Waals surface area contributed by atoms with Crippen LogP contribution >= 0.6 is 0 Å². The van der Waals surface area contributed by atoms with Gasteiger partial charge in [0.25, 0.3) is 5.91 Å². The molecule has 138 valence electrons. The summed E-state index contributed by atoms with van der Waals surface area (Å²) in [5.74, 6) is 0.377. The highest BCUT2D eigenvalue weighted by Crippen LogP contribution is 2.22. The Balaban J connectivity index is 1.64. The number of ether oxygens (including phenoxy) is 1. The predicted molar refractivity (Wildman–Crippen MR) is 92.5 cm³/mol. The predicted octanol–water partition coefficient (Wildman–Crippen LogP) is 2.92. The van der Waals surface area contributed by atoms with Gasteiger partial charge in [-0.05, 0) is 38.0 Å². The van der Waals surface area contributed by atoms with Crippen molar-refractivity contribution in [3.05, 3.63) is 47.2 Å². The molecule has 1 aromatic heterocycles. The van der Waals surface area contributed by atoms with Gasteiger partial charge >= 0.3 is 6.61 Å². The van der Waals surface area contributed by atoms with Crippen LogP contribution in [-0.2, 0) is 6.54 Å². The second-order valence-electron chi connectivity index (χ2n) is 6.14. The Morgan fingerprint density at radius 2 is 2.00 bits per heavy atom. The van der Waals surface area contributed by atoms with Gasteiger partial charge < -0.3 is 15.0 Å². The minimum absolute atomic E-state index is 0.0429. The molecule has 0 spiro atoms. The number of nitrogens with one attached hydrogen (secondary N) is 1. The second kappa shape index (κ2) is 8.07. The molecule has 3 rings (SSSR count). The number of aryl methyl sites for hydroxylation is 1. The number of amides is 1. The van der Waals surface area contributed by atoms with Crippen molar-refractivity contribution in [3.8, 4) is 5.75 Å². The average molecular weight is 362 g/mol. The highest BCUT2D eigenvalue weighted by Gasteiger charge is 2.16. The van der Waals surface area contributed by atoms with Crippen molar-refractivity contribution in [1.82, 2.24) is 15.5 Å². The molecular weight excluding hydrogens is 342 g/mol. The molecule has 1 N–H and O–H groups in total. The molecule has 1 amide bonds. The minimum Gasteiger partial charge on any atom is -0.434 e. The molecule has 1 saturated heterocycles. The van der Waals surface area contributed by atoms with Crippen molar-refractivity contribution < 1.29 is 18.3 Å². The van der Waals surface area contributed by atoms with Gasteiger partial charge in [0.15, 0.2) is 11.5 Å². The van der Waals surface area contributed by atoms with Crippen LogP contribution in [0.25, 0.3) is 0 Å². The molecule has 2 aromatic rings. The Kier molecular flexibility index (Phi) is 5.60. The molecule has 1 aromatic carbocycles. The molecule has 0 bridgehead atoms. The van der Waals surface area contributed by atoms with Gasteiger partial charge in [0.05, 0.1) is 0 Å². The lowest BCUT2D eigenvalue weighted by Crippen LogP contribution is -2.25. The van der Waals surface area contributed by atoms with Gasteiger partial charge in [-0.25, -0.2) is 0 Å². The highest BCUT2D eigenvalue weighted by atomic mass is 19.3. The van der Waals surface area contributed by atoms with E-state index in [1.165, 1.54) is 6.07 Å². The lowest BCUT2D eigenvalue weighted by Gasteiger charge is -2.15. The molecule has 0 unspecified atom stereocenters. The topological polar surface area (TPSA) is 67.3 Å². The zero-order chi connectivity index (χ0) is 18.5. The standard InChI is InChI=1S/C18H20F2N4O2/c1-12-4-6-15(26-18(19)20)13(10-12)11-21-17(25)14-5-7-16(23-22-14)24-8-2-3-9-24/h4-7,10,18H,2-3,8-9,11H2,1H3,(H,21,25). The summed E-state index contributed by atoms with van der Waals surface area (Å²) >= 11 is 0. The van der Waals surface area contributed by atoms with Gasteiger partial charge in [-0.3, -0.25) is 4.79 Å². The van der Waals surface area contributed by atoms with E-state index in [1.54, 1.807) is 24.3 Å². The number of carbonyl (C=O) groups excluding carboxylic acids is 1. The van der Waals surface area contributed by atoms with Gasteiger partial charge in [0, 0.05) is 25.2 Å². The molecular formula is C18H20F2N4O2. The Labute approximate surface area is 150 Å². The number of carbonyl (C=O) groups is 1. The van der Waals surface area contributed by atoms with Crippen LogP contribution in [0.5, 0.6) is 5.75 Å². The van der Waals surface area contributed by atoms with Crippen LogP contribution in [0.15, 0.2) is 30.3 Å². The van der Waals surface area contributed by atoms with Crippen LogP contribution < -0.4 is 15.0 Å². The summed E-state index contributed by atoms with van der Waals surface area (Å²) in [5, 5.41) is 10.7. The first-order chi connectivity index (χ1) is 12.5. The van der Waals surface area contributed by atoms with E-state index in [0.717, 1.165) is 37.3 Å². The molecule has 1 fully saturated rings. The Hall–Kier alpha value is -2.77. The molecule has 1 aliphatic rings. The summed E-state index contributed by atoms with van der Waals surface area (Å²) in [7, 11) is 0. The van der Waals surface area contributed by atoms with Crippen LogP contribution in [0.4, 0.5) is 14.6 Å². The maximum absolute atomic E-state index is 12.5. The molecule has 0 aliphatic carbocycles. The van der Waals surface area contributed by atoms with Crippen LogP contribution in [0.2, 0.25) is 0 Å². The van der Waals surface area contributed by atoms with E-state index in [2.05, 4.69) is 25.2 Å². The van der Waals surface area contributed by atoms with Crippen LogP contribution in [-0.4, -0.2) is 35.8 Å². The molecule has 0 atom stereocenters. The summed E-state index contributed by atoms with van der Waals surface area (Å²) in [6, 6.07) is 8.22. The van der Waals surface area contributed by atoms with Gasteiger partial charge in [-0.1, -0.05) is 17.7 Å². The third-order valence-corrected chi connectivity index (χ3v) is 4.18. The lowest BCUT2D eigenvalue weighted by molar-refractivity contribution is -0.0504. The van der Waals surface area contributed by atoms with Crippen LogP contribution in [0, 0.1) is 6.92 Å². The maximum Gasteiger partial charge on any atom is 0.387 e.